The first-order valence-electron chi connectivity index (χ1n) is 9.01. The van der Waals surface area contributed by atoms with Crippen LogP contribution in [0.3, 0.4) is 0 Å². The molecule has 27 heavy (non-hydrogen) atoms. The van der Waals surface area contributed by atoms with Gasteiger partial charge in [-0.2, -0.15) is 0 Å². The Balaban J connectivity index is 1.82. The number of aromatic nitrogens is 1. The summed E-state index contributed by atoms with van der Waals surface area (Å²) in [5.41, 5.74) is -0.784. The van der Waals surface area contributed by atoms with E-state index in [2.05, 4.69) is 4.90 Å². The van der Waals surface area contributed by atoms with Crippen molar-refractivity contribution in [3.63, 3.8) is 0 Å². The number of halogens is 2. The molecule has 2 fully saturated rings. The Morgan fingerprint density at radius 2 is 2.15 bits per heavy atom. The van der Waals surface area contributed by atoms with E-state index in [4.69, 9.17) is 16.3 Å². The average Bonchev–Trinajstić information content (AvgIpc) is 3.38. The van der Waals surface area contributed by atoms with Crippen molar-refractivity contribution in [2.24, 2.45) is 0 Å². The molecule has 0 amide bonds. The average molecular weight is 395 g/mol. The van der Waals surface area contributed by atoms with Gasteiger partial charge in [0.05, 0.1) is 10.9 Å². The summed E-state index contributed by atoms with van der Waals surface area (Å²) in [5.74, 6) is -2.17. The fourth-order valence-corrected chi connectivity index (χ4v) is 4.06. The summed E-state index contributed by atoms with van der Waals surface area (Å²) in [5, 5.41) is 9.29. The molecular weight excluding hydrogens is 375 g/mol. The van der Waals surface area contributed by atoms with Gasteiger partial charge >= 0.3 is 5.97 Å². The summed E-state index contributed by atoms with van der Waals surface area (Å²) in [6.07, 6.45) is 5.06. The van der Waals surface area contributed by atoms with Crippen molar-refractivity contribution in [3.05, 3.63) is 38.9 Å². The highest BCUT2D eigenvalue weighted by Gasteiger charge is 2.30. The first kappa shape index (κ1) is 18.3. The number of likely N-dealkylation sites (tertiary alicyclic amines) is 1. The number of carboxylic acid groups (broad SMARTS) is 1. The smallest absolute Gasteiger partial charge is 0.341 e. The number of carboxylic acids is 1. The van der Waals surface area contributed by atoms with Crippen LogP contribution in [0.25, 0.3) is 10.9 Å². The molecule has 1 saturated heterocycles. The fraction of sp³-hybridized carbons (Fsp3) is 0.474. The lowest BCUT2D eigenvalue weighted by atomic mass is 10.1. The number of benzene rings is 1. The monoisotopic (exact) mass is 394 g/mol. The summed E-state index contributed by atoms with van der Waals surface area (Å²) in [7, 11) is 2.00. The number of fused-ring (bicyclic) bond motifs is 1. The molecular formula is C19H20ClFN2O4. The van der Waals surface area contributed by atoms with Gasteiger partial charge in [-0.3, -0.25) is 4.79 Å². The highest BCUT2D eigenvalue weighted by molar-refractivity contribution is 6.36. The van der Waals surface area contributed by atoms with Gasteiger partial charge in [0, 0.05) is 18.3 Å². The summed E-state index contributed by atoms with van der Waals surface area (Å²) in [6, 6.07) is 1.29. The molecule has 6 nitrogen and oxygen atoms in total. The Kier molecular flexibility index (Phi) is 4.60. The van der Waals surface area contributed by atoms with Crippen LogP contribution in [-0.2, 0) is 0 Å². The van der Waals surface area contributed by atoms with Crippen molar-refractivity contribution >= 4 is 28.5 Å². The molecule has 144 valence electrons. The van der Waals surface area contributed by atoms with Gasteiger partial charge in [0.25, 0.3) is 0 Å². The summed E-state index contributed by atoms with van der Waals surface area (Å²) < 4.78 is 22.1. The molecule has 2 aromatic rings. The van der Waals surface area contributed by atoms with E-state index >= 15 is 0 Å². The van der Waals surface area contributed by atoms with Gasteiger partial charge < -0.3 is 19.3 Å². The van der Waals surface area contributed by atoms with Crippen molar-refractivity contribution < 1.29 is 19.0 Å². The Morgan fingerprint density at radius 1 is 1.41 bits per heavy atom. The third-order valence-corrected chi connectivity index (χ3v) is 5.78. The molecule has 1 aromatic heterocycles. The molecule has 1 atom stereocenters. The van der Waals surface area contributed by atoms with E-state index in [9.17, 15) is 19.1 Å². The number of nitrogens with zero attached hydrogens (tertiary/aromatic N) is 2. The van der Waals surface area contributed by atoms with E-state index < -0.39 is 17.2 Å². The maximum atomic E-state index is 14.7. The summed E-state index contributed by atoms with van der Waals surface area (Å²) >= 11 is 6.46. The zero-order valence-electron chi connectivity index (χ0n) is 14.9. The third-order valence-electron chi connectivity index (χ3n) is 5.43. The third kappa shape index (κ3) is 3.19. The van der Waals surface area contributed by atoms with Crippen LogP contribution in [0.4, 0.5) is 4.39 Å². The number of ether oxygens (including phenoxy) is 1. The zero-order valence-corrected chi connectivity index (χ0v) is 15.6. The van der Waals surface area contributed by atoms with Crippen molar-refractivity contribution in [2.45, 2.75) is 37.8 Å². The predicted octanol–water partition coefficient (Wildman–Crippen LogP) is 3.30. The zero-order chi connectivity index (χ0) is 19.3. The van der Waals surface area contributed by atoms with Gasteiger partial charge in [0.2, 0.25) is 5.43 Å². The quantitative estimate of drug-likeness (QED) is 0.842. The minimum absolute atomic E-state index is 0.0200. The van der Waals surface area contributed by atoms with Crippen LogP contribution < -0.4 is 10.2 Å². The molecule has 1 saturated carbocycles. The molecule has 0 radical (unpaired) electrons. The second kappa shape index (κ2) is 6.80. The van der Waals surface area contributed by atoms with Gasteiger partial charge in [0.1, 0.15) is 17.2 Å². The molecule has 2 aliphatic rings. The molecule has 1 N–H and O–H groups in total. The number of pyridine rings is 1. The molecule has 8 heteroatoms. The van der Waals surface area contributed by atoms with Crippen LogP contribution in [0.2, 0.25) is 5.02 Å². The van der Waals surface area contributed by atoms with Gasteiger partial charge in [-0.05, 0) is 45.3 Å². The summed E-state index contributed by atoms with van der Waals surface area (Å²) in [6.45, 7) is 1.28. The van der Waals surface area contributed by atoms with Crippen LogP contribution in [0, 0.1) is 5.82 Å². The highest BCUT2D eigenvalue weighted by atomic mass is 35.5. The van der Waals surface area contributed by atoms with Crippen molar-refractivity contribution in [1.29, 1.82) is 0 Å². The molecule has 1 aromatic carbocycles. The summed E-state index contributed by atoms with van der Waals surface area (Å²) in [4.78, 5) is 26.1. The van der Waals surface area contributed by atoms with Crippen LogP contribution >= 0.6 is 11.6 Å². The lowest BCUT2D eigenvalue weighted by Gasteiger charge is -2.21. The number of aromatic carboxylic acids is 1. The fourth-order valence-electron chi connectivity index (χ4n) is 3.72. The minimum Gasteiger partial charge on any atom is -0.487 e. The SMILES string of the molecule is CN1CCC[C@H]1COc1c(F)cc2c(=O)c(C(=O)O)cn(C3CC3)c2c1Cl. The molecule has 4 rings (SSSR count). The minimum atomic E-state index is -1.34. The van der Waals surface area contributed by atoms with Crippen molar-refractivity contribution in [3.8, 4) is 5.75 Å². The van der Waals surface area contributed by atoms with Crippen LogP contribution in [0.5, 0.6) is 5.75 Å². The van der Waals surface area contributed by atoms with Crippen molar-refractivity contribution in [2.75, 3.05) is 20.2 Å². The number of hydrogen-bond acceptors (Lipinski definition) is 4. The highest BCUT2D eigenvalue weighted by Crippen LogP contribution is 2.42. The normalized spacial score (nSPS) is 20.3. The lowest BCUT2D eigenvalue weighted by Crippen LogP contribution is -2.30. The molecule has 2 heterocycles. The van der Waals surface area contributed by atoms with Crippen molar-refractivity contribution in [1.82, 2.24) is 9.47 Å². The maximum Gasteiger partial charge on any atom is 0.341 e. The van der Waals surface area contributed by atoms with Crippen LogP contribution in [0.15, 0.2) is 17.1 Å². The van der Waals surface area contributed by atoms with Crippen LogP contribution in [-0.4, -0.2) is 46.8 Å². The number of rotatable bonds is 5. The molecule has 1 aliphatic heterocycles. The number of likely N-dealkylation sites (N-methyl/N-ethyl adjacent to an activating group) is 1. The van der Waals surface area contributed by atoms with Gasteiger partial charge in [0.15, 0.2) is 11.6 Å². The topological polar surface area (TPSA) is 71.8 Å². The van der Waals surface area contributed by atoms with E-state index in [1.54, 1.807) is 4.57 Å². The van der Waals surface area contributed by atoms with Gasteiger partial charge in [-0.1, -0.05) is 11.6 Å². The largest absolute Gasteiger partial charge is 0.487 e. The number of carbonyl (C=O) groups is 1. The van der Waals surface area contributed by atoms with E-state index in [0.29, 0.717) is 12.1 Å². The van der Waals surface area contributed by atoms with E-state index in [1.165, 1.54) is 6.20 Å². The van der Waals surface area contributed by atoms with E-state index in [0.717, 1.165) is 38.3 Å². The first-order valence-corrected chi connectivity index (χ1v) is 9.39. The predicted molar refractivity (Wildman–Crippen MR) is 99.6 cm³/mol. The van der Waals surface area contributed by atoms with Gasteiger partial charge in [-0.15, -0.1) is 0 Å². The molecule has 0 bridgehead atoms. The van der Waals surface area contributed by atoms with E-state index in [-0.39, 0.29) is 33.8 Å². The Bertz CT molecular complexity index is 986. The second-order valence-corrected chi connectivity index (χ2v) is 7.68. The Hall–Kier alpha value is -2.12. The first-order chi connectivity index (χ1) is 12.9. The Labute approximate surface area is 160 Å². The Morgan fingerprint density at radius 3 is 2.74 bits per heavy atom. The maximum absolute atomic E-state index is 14.7. The lowest BCUT2D eigenvalue weighted by molar-refractivity contribution is 0.0695. The van der Waals surface area contributed by atoms with Gasteiger partial charge in [-0.25, -0.2) is 9.18 Å². The number of hydrogen-bond donors (Lipinski definition) is 1. The van der Waals surface area contributed by atoms with Crippen LogP contribution in [0.1, 0.15) is 42.1 Å². The standard InChI is InChI=1S/C19H20ClFN2O4/c1-22-6-2-3-11(22)9-27-18-14(21)7-12-16(15(18)20)23(10-4-5-10)8-13(17(12)24)19(25)26/h7-8,10-11H,2-6,9H2,1H3,(H,25,26)/t11-/m0/s1. The van der Waals surface area contributed by atoms with E-state index in [1.807, 2.05) is 7.05 Å². The molecule has 0 spiro atoms. The second-order valence-electron chi connectivity index (χ2n) is 7.30. The molecule has 0 unspecified atom stereocenters. The molecule has 1 aliphatic carbocycles.